The van der Waals surface area contributed by atoms with Crippen molar-refractivity contribution in [2.24, 2.45) is 0 Å². The molecule has 0 saturated heterocycles. The van der Waals surface area contributed by atoms with Gasteiger partial charge in [-0.05, 0) is 24.6 Å². The molecule has 0 unspecified atom stereocenters. The Labute approximate surface area is 155 Å². The summed E-state index contributed by atoms with van der Waals surface area (Å²) in [5, 5.41) is 12.5. The van der Waals surface area contributed by atoms with Crippen LogP contribution in [0.25, 0.3) is 0 Å². The van der Waals surface area contributed by atoms with Crippen LogP contribution in [0.15, 0.2) is 18.2 Å². The molecule has 0 atom stereocenters. The molecule has 134 valence electrons. The smallest absolute Gasteiger partial charge is 0.226 e. The predicted octanol–water partition coefficient (Wildman–Crippen LogP) is 4.14. The van der Waals surface area contributed by atoms with Crippen molar-refractivity contribution in [2.45, 2.75) is 39.0 Å². The molecule has 0 fully saturated rings. The third kappa shape index (κ3) is 5.79. The second-order valence-electron chi connectivity index (χ2n) is 5.42. The molecule has 1 aromatic heterocycles. The first-order valence-corrected chi connectivity index (χ1v) is 9.22. The summed E-state index contributed by atoms with van der Waals surface area (Å²) in [6.07, 6.45) is 3.09. The van der Waals surface area contributed by atoms with Crippen molar-refractivity contribution in [1.29, 1.82) is 0 Å². The SMILES string of the molecule is CCCCc1nnc(NC(=O)CCC(=O)c2cc(Cl)ccc2OC)s1. The third-order valence-electron chi connectivity index (χ3n) is 3.50. The molecule has 0 bridgehead atoms. The van der Waals surface area contributed by atoms with Gasteiger partial charge >= 0.3 is 0 Å². The average Bonchev–Trinajstić information content (AvgIpc) is 3.05. The maximum atomic E-state index is 12.3. The largest absolute Gasteiger partial charge is 0.496 e. The standard InChI is InChI=1S/C17H20ClN3O3S/c1-3-4-5-16-20-21-17(25-16)19-15(23)9-7-13(22)12-10-11(18)6-8-14(12)24-2/h6,8,10H,3-5,7,9H2,1-2H3,(H,19,21,23). The fourth-order valence-corrected chi connectivity index (χ4v) is 3.14. The number of amides is 1. The first kappa shape index (κ1) is 19.3. The number of rotatable bonds is 9. The highest BCUT2D eigenvalue weighted by Crippen LogP contribution is 2.24. The van der Waals surface area contributed by atoms with Crippen LogP contribution in [0, 0.1) is 0 Å². The van der Waals surface area contributed by atoms with Crippen LogP contribution in [0.2, 0.25) is 5.02 Å². The molecular formula is C17H20ClN3O3S. The summed E-state index contributed by atoms with van der Waals surface area (Å²) >= 11 is 7.29. The Balaban J connectivity index is 1.88. The molecule has 0 aliphatic carbocycles. The average molecular weight is 382 g/mol. The molecule has 1 amide bonds. The molecule has 0 saturated carbocycles. The fraction of sp³-hybridized carbons (Fsp3) is 0.412. The summed E-state index contributed by atoms with van der Waals surface area (Å²) < 4.78 is 5.16. The van der Waals surface area contributed by atoms with Crippen LogP contribution in [0.1, 0.15) is 48.0 Å². The molecule has 0 radical (unpaired) electrons. The number of Topliss-reactive ketones (excluding diaryl/α,β-unsaturated/α-hetero) is 1. The van der Waals surface area contributed by atoms with Crippen molar-refractivity contribution >= 4 is 39.8 Å². The number of anilines is 1. The minimum Gasteiger partial charge on any atom is -0.496 e. The highest BCUT2D eigenvalue weighted by molar-refractivity contribution is 7.15. The Hall–Kier alpha value is -1.99. The first-order chi connectivity index (χ1) is 12.0. The van der Waals surface area contributed by atoms with Crippen molar-refractivity contribution in [3.63, 3.8) is 0 Å². The molecule has 1 N–H and O–H groups in total. The van der Waals surface area contributed by atoms with Crippen molar-refractivity contribution < 1.29 is 14.3 Å². The summed E-state index contributed by atoms with van der Waals surface area (Å²) in [5.41, 5.74) is 0.376. The van der Waals surface area contributed by atoms with Crippen molar-refractivity contribution in [2.75, 3.05) is 12.4 Å². The first-order valence-electron chi connectivity index (χ1n) is 8.02. The number of aryl methyl sites for hydroxylation is 1. The van der Waals surface area contributed by atoms with Crippen LogP contribution in [-0.4, -0.2) is 29.0 Å². The summed E-state index contributed by atoms with van der Waals surface area (Å²) in [6, 6.07) is 4.83. The van der Waals surface area contributed by atoms with Crippen LogP contribution in [-0.2, 0) is 11.2 Å². The van der Waals surface area contributed by atoms with Gasteiger partial charge in [0.05, 0.1) is 12.7 Å². The number of benzene rings is 1. The Morgan fingerprint density at radius 1 is 1.28 bits per heavy atom. The van der Waals surface area contributed by atoms with E-state index in [2.05, 4.69) is 22.4 Å². The summed E-state index contributed by atoms with van der Waals surface area (Å²) in [6.45, 7) is 2.11. The van der Waals surface area contributed by atoms with Crippen molar-refractivity contribution in [3.05, 3.63) is 33.8 Å². The Morgan fingerprint density at radius 3 is 2.80 bits per heavy atom. The second-order valence-corrected chi connectivity index (χ2v) is 6.92. The molecule has 25 heavy (non-hydrogen) atoms. The number of aromatic nitrogens is 2. The topological polar surface area (TPSA) is 81.2 Å². The number of hydrogen-bond acceptors (Lipinski definition) is 6. The van der Waals surface area contributed by atoms with Gasteiger partial charge in [0.1, 0.15) is 10.8 Å². The number of methoxy groups -OCH3 is 1. The number of carbonyl (C=O) groups excluding carboxylic acids is 2. The number of halogens is 1. The molecule has 1 aromatic carbocycles. The predicted molar refractivity (Wildman–Crippen MR) is 98.7 cm³/mol. The van der Waals surface area contributed by atoms with Gasteiger partial charge in [-0.1, -0.05) is 36.3 Å². The Kier molecular flexibility index (Phi) is 7.33. The summed E-state index contributed by atoms with van der Waals surface area (Å²) in [5.74, 6) is -0.0255. The number of hydrogen-bond donors (Lipinski definition) is 1. The van der Waals surface area contributed by atoms with Crippen molar-refractivity contribution in [1.82, 2.24) is 10.2 Å². The molecule has 8 heteroatoms. The molecule has 1 heterocycles. The van der Waals surface area contributed by atoms with Crippen LogP contribution in [0.5, 0.6) is 5.75 Å². The van der Waals surface area contributed by atoms with Gasteiger partial charge in [-0.2, -0.15) is 0 Å². The zero-order valence-electron chi connectivity index (χ0n) is 14.2. The monoisotopic (exact) mass is 381 g/mol. The van der Waals surface area contributed by atoms with E-state index in [1.54, 1.807) is 18.2 Å². The van der Waals surface area contributed by atoms with Crippen molar-refractivity contribution in [3.8, 4) is 5.75 Å². The van der Waals surface area contributed by atoms with Gasteiger partial charge in [-0.25, -0.2) is 0 Å². The summed E-state index contributed by atoms with van der Waals surface area (Å²) in [4.78, 5) is 24.3. The summed E-state index contributed by atoms with van der Waals surface area (Å²) in [7, 11) is 1.48. The third-order valence-corrected chi connectivity index (χ3v) is 4.63. The van der Waals surface area contributed by atoms with Gasteiger partial charge < -0.3 is 10.1 Å². The molecule has 0 spiro atoms. The molecule has 0 aliphatic heterocycles. The van der Waals surface area contributed by atoms with Crippen LogP contribution in [0.3, 0.4) is 0 Å². The number of nitrogens with zero attached hydrogens (tertiary/aromatic N) is 2. The number of ether oxygens (including phenoxy) is 1. The van der Waals surface area contributed by atoms with Crippen LogP contribution in [0.4, 0.5) is 5.13 Å². The second kappa shape index (κ2) is 9.48. The molecule has 0 aliphatic rings. The molecular weight excluding hydrogens is 362 g/mol. The zero-order chi connectivity index (χ0) is 18.2. The fourth-order valence-electron chi connectivity index (χ4n) is 2.17. The van der Waals surface area contributed by atoms with E-state index in [-0.39, 0.29) is 24.5 Å². The lowest BCUT2D eigenvalue weighted by Crippen LogP contribution is -2.13. The maximum Gasteiger partial charge on any atom is 0.226 e. The van der Waals surface area contributed by atoms with Crippen LogP contribution >= 0.6 is 22.9 Å². The maximum absolute atomic E-state index is 12.3. The van der Waals surface area contributed by atoms with Gasteiger partial charge in [0, 0.05) is 24.3 Å². The van der Waals surface area contributed by atoms with E-state index in [1.807, 2.05) is 0 Å². The molecule has 2 rings (SSSR count). The highest BCUT2D eigenvalue weighted by atomic mass is 35.5. The van der Waals surface area contributed by atoms with E-state index in [4.69, 9.17) is 16.3 Å². The lowest BCUT2D eigenvalue weighted by Gasteiger charge is -2.08. The number of ketones is 1. The van der Waals surface area contributed by atoms with E-state index < -0.39 is 0 Å². The zero-order valence-corrected chi connectivity index (χ0v) is 15.7. The van der Waals surface area contributed by atoms with Crippen LogP contribution < -0.4 is 10.1 Å². The van der Waals surface area contributed by atoms with Gasteiger partial charge in [-0.15, -0.1) is 10.2 Å². The molecule has 6 nitrogen and oxygen atoms in total. The number of unbranched alkanes of at least 4 members (excludes halogenated alkanes) is 1. The normalized spacial score (nSPS) is 10.5. The van der Waals surface area contributed by atoms with Gasteiger partial charge in [0.2, 0.25) is 11.0 Å². The van der Waals surface area contributed by atoms with Gasteiger partial charge in [0.25, 0.3) is 0 Å². The highest BCUT2D eigenvalue weighted by Gasteiger charge is 2.15. The Bertz CT molecular complexity index is 748. The van der Waals surface area contributed by atoms with E-state index in [1.165, 1.54) is 18.4 Å². The quantitative estimate of drug-likeness (QED) is 0.660. The Morgan fingerprint density at radius 2 is 2.08 bits per heavy atom. The van der Waals surface area contributed by atoms with E-state index in [0.717, 1.165) is 24.3 Å². The lowest BCUT2D eigenvalue weighted by molar-refractivity contribution is -0.116. The number of carbonyl (C=O) groups is 2. The van der Waals surface area contributed by atoms with E-state index >= 15 is 0 Å². The van der Waals surface area contributed by atoms with Gasteiger partial charge in [-0.3, -0.25) is 9.59 Å². The molecule has 2 aromatic rings. The lowest BCUT2D eigenvalue weighted by atomic mass is 10.1. The minimum atomic E-state index is -0.271. The van der Waals surface area contributed by atoms with Gasteiger partial charge in [0.15, 0.2) is 5.78 Å². The van der Waals surface area contributed by atoms with E-state index in [0.29, 0.717) is 21.5 Å². The minimum absolute atomic E-state index is 0.0539. The van der Waals surface area contributed by atoms with E-state index in [9.17, 15) is 9.59 Å². The number of nitrogens with one attached hydrogen (secondary N) is 1.